The molecular formula is C76H104N6O6S2. The minimum atomic E-state index is -0.285. The van der Waals surface area contributed by atoms with Gasteiger partial charge in [-0.1, -0.05) is 230 Å². The highest BCUT2D eigenvalue weighted by molar-refractivity contribution is 7.18. The summed E-state index contributed by atoms with van der Waals surface area (Å²) in [5, 5.41) is 27.4. The van der Waals surface area contributed by atoms with E-state index in [-0.39, 0.29) is 11.8 Å². The second-order valence-electron chi connectivity index (χ2n) is 24.1. The number of nitrogens with zero attached hydrogens (tertiary/aromatic N) is 4. The lowest BCUT2D eigenvalue weighted by Gasteiger charge is -2.14. The molecule has 0 unspecified atom stereocenters. The number of carbonyl (C=O) groups excluding carboxylic acids is 2. The van der Waals surface area contributed by atoms with Crippen molar-refractivity contribution in [3.05, 3.63) is 120 Å². The molecule has 0 saturated heterocycles. The number of ether oxygens (including phenoxy) is 4. The molecule has 7 aromatic rings. The first-order valence-electron chi connectivity index (χ1n) is 34.8. The quantitative estimate of drug-likeness (QED) is 0.0353. The van der Waals surface area contributed by atoms with Gasteiger partial charge in [0.05, 0.1) is 26.4 Å². The van der Waals surface area contributed by atoms with Gasteiger partial charge in [-0.2, -0.15) is 0 Å². The van der Waals surface area contributed by atoms with Crippen LogP contribution in [0.1, 0.15) is 254 Å². The minimum Gasteiger partial charge on any atom is -0.490 e. The average molecular weight is 1260 g/mol. The lowest BCUT2D eigenvalue weighted by atomic mass is 10.1. The second kappa shape index (κ2) is 42.4. The fourth-order valence-corrected chi connectivity index (χ4v) is 12.6. The van der Waals surface area contributed by atoms with Crippen LogP contribution in [0.5, 0.6) is 23.0 Å². The molecule has 2 N–H and O–H groups in total. The predicted octanol–water partition coefficient (Wildman–Crippen LogP) is 22.6. The van der Waals surface area contributed by atoms with Gasteiger partial charge in [-0.05, 0) is 135 Å². The summed E-state index contributed by atoms with van der Waals surface area (Å²) in [6, 6.07) is 34.0. The molecule has 0 bridgehead atoms. The lowest BCUT2D eigenvalue weighted by molar-refractivity contribution is 0.101. The van der Waals surface area contributed by atoms with E-state index in [4.69, 9.17) is 18.9 Å². The van der Waals surface area contributed by atoms with Crippen molar-refractivity contribution in [2.45, 2.75) is 233 Å². The molecule has 14 heteroatoms. The Labute approximate surface area is 547 Å². The molecule has 2 amide bonds. The number of aromatic nitrogens is 4. The Kier molecular flexibility index (Phi) is 33.4. The van der Waals surface area contributed by atoms with Crippen molar-refractivity contribution in [3.8, 4) is 65.3 Å². The topological polar surface area (TPSA) is 147 Å². The van der Waals surface area contributed by atoms with Gasteiger partial charge in [0.1, 0.15) is 20.0 Å². The van der Waals surface area contributed by atoms with E-state index in [1.165, 1.54) is 190 Å². The van der Waals surface area contributed by atoms with Gasteiger partial charge in [0.15, 0.2) is 23.0 Å². The second-order valence-corrected chi connectivity index (χ2v) is 26.0. The number of nitrogens with one attached hydrogen (secondary N) is 2. The number of anilines is 2. The van der Waals surface area contributed by atoms with E-state index in [9.17, 15) is 9.59 Å². The molecule has 0 aliphatic heterocycles. The van der Waals surface area contributed by atoms with Crippen molar-refractivity contribution < 1.29 is 28.5 Å². The first-order valence-corrected chi connectivity index (χ1v) is 36.4. The Balaban J connectivity index is 0.881. The summed E-state index contributed by atoms with van der Waals surface area (Å²) in [6.45, 7) is 11.7. The van der Waals surface area contributed by atoms with Crippen LogP contribution in [0.3, 0.4) is 0 Å². The summed E-state index contributed by atoms with van der Waals surface area (Å²) in [4.78, 5) is 26.8. The Bertz CT molecular complexity index is 2880. The van der Waals surface area contributed by atoms with Crippen LogP contribution in [-0.4, -0.2) is 58.6 Å². The van der Waals surface area contributed by atoms with Crippen LogP contribution < -0.4 is 29.6 Å². The molecule has 0 saturated carbocycles. The Morgan fingerprint density at radius 2 is 0.544 bits per heavy atom. The predicted molar refractivity (Wildman–Crippen MR) is 376 cm³/mol. The number of unbranched alkanes of at least 4 members (excludes halogenated alkanes) is 28. The van der Waals surface area contributed by atoms with E-state index in [2.05, 4.69) is 58.7 Å². The molecule has 2 aromatic heterocycles. The molecule has 0 spiro atoms. The molecule has 0 radical (unpaired) electrons. The van der Waals surface area contributed by atoms with Gasteiger partial charge in [-0.25, -0.2) is 0 Å². The van der Waals surface area contributed by atoms with Crippen molar-refractivity contribution in [2.75, 3.05) is 37.1 Å². The first kappa shape index (κ1) is 70.8. The van der Waals surface area contributed by atoms with E-state index in [1.807, 2.05) is 84.9 Å². The van der Waals surface area contributed by atoms with Gasteiger partial charge < -0.3 is 29.6 Å². The average Bonchev–Trinajstić information content (AvgIpc) is 2.23. The van der Waals surface area contributed by atoms with Gasteiger partial charge in [-0.15, -0.1) is 20.4 Å². The third kappa shape index (κ3) is 25.6. The lowest BCUT2D eigenvalue weighted by Crippen LogP contribution is -2.14. The summed E-state index contributed by atoms with van der Waals surface area (Å²) < 4.78 is 25.5. The van der Waals surface area contributed by atoms with E-state index in [1.54, 1.807) is 24.3 Å². The maximum atomic E-state index is 13.4. The van der Waals surface area contributed by atoms with E-state index < -0.39 is 0 Å². The zero-order valence-electron chi connectivity index (χ0n) is 54.9. The van der Waals surface area contributed by atoms with Crippen LogP contribution >= 0.6 is 22.7 Å². The van der Waals surface area contributed by atoms with Crippen LogP contribution in [0.25, 0.3) is 42.3 Å². The fraction of sp³-hybridized carbons (Fsp3) is 0.526. The van der Waals surface area contributed by atoms with Crippen LogP contribution in [0.2, 0.25) is 0 Å². The van der Waals surface area contributed by atoms with Crippen molar-refractivity contribution >= 4 is 45.9 Å². The molecule has 5 aromatic carbocycles. The number of carbonyl (C=O) groups is 2. The summed E-state index contributed by atoms with van der Waals surface area (Å²) >= 11 is 3.02. The minimum absolute atomic E-state index is 0.285. The highest BCUT2D eigenvalue weighted by Crippen LogP contribution is 2.39. The van der Waals surface area contributed by atoms with Crippen LogP contribution in [0.4, 0.5) is 11.4 Å². The van der Waals surface area contributed by atoms with Crippen LogP contribution in [0.15, 0.2) is 109 Å². The Morgan fingerprint density at radius 1 is 0.300 bits per heavy atom. The van der Waals surface area contributed by atoms with Crippen LogP contribution in [-0.2, 0) is 0 Å². The smallest absolute Gasteiger partial charge is 0.255 e. The van der Waals surface area contributed by atoms with Crippen molar-refractivity contribution in [3.63, 3.8) is 0 Å². The molecular weight excluding hydrogens is 1160 g/mol. The number of amides is 2. The van der Waals surface area contributed by atoms with E-state index >= 15 is 0 Å². The first-order chi connectivity index (χ1) is 44.3. The van der Waals surface area contributed by atoms with Crippen molar-refractivity contribution in [1.29, 1.82) is 0 Å². The standard InChI is InChI=1S/C76H104N6O6S2/c1-5-9-13-17-21-25-29-33-53-85-67-51-45-63(57-69(67)87-55-35-31-27-23-19-15-11-7-3)75-81-79-73(89-75)61-41-47-65(48-42-61)77-71(83)59-37-39-60(40-38-59)72(84)78-66-49-43-62(44-50-66)74-80-82-76(90-74)64-46-52-68(86-54-34-30-26-22-18-14-10-6-2)70(58-64)88-56-36-32-28-24-20-16-12-8-4/h37-52,57-58H,5-36,53-56H2,1-4H3,(H,77,83)(H,78,84). The Morgan fingerprint density at radius 3 is 0.833 bits per heavy atom. The van der Waals surface area contributed by atoms with Gasteiger partial charge in [0.25, 0.3) is 11.8 Å². The van der Waals surface area contributed by atoms with Gasteiger partial charge in [0.2, 0.25) is 0 Å². The third-order valence-corrected chi connectivity index (χ3v) is 18.5. The fourth-order valence-electron chi connectivity index (χ4n) is 10.9. The number of hydrogen-bond donors (Lipinski definition) is 2. The van der Waals surface area contributed by atoms with Crippen LogP contribution in [0, 0.1) is 0 Å². The van der Waals surface area contributed by atoms with E-state index in [0.717, 1.165) is 104 Å². The summed E-state index contributed by atoms with van der Waals surface area (Å²) in [7, 11) is 0. The number of benzene rings is 5. The number of rotatable bonds is 48. The largest absolute Gasteiger partial charge is 0.490 e. The van der Waals surface area contributed by atoms with Gasteiger partial charge in [-0.3, -0.25) is 9.59 Å². The molecule has 0 aliphatic carbocycles. The van der Waals surface area contributed by atoms with E-state index in [0.29, 0.717) is 48.9 Å². The normalized spacial score (nSPS) is 11.2. The monoisotopic (exact) mass is 1260 g/mol. The Hall–Kier alpha value is -6.64. The molecule has 7 rings (SSSR count). The highest BCUT2D eigenvalue weighted by Gasteiger charge is 2.17. The summed E-state index contributed by atoms with van der Waals surface area (Å²) in [6.07, 6.45) is 40.0. The highest BCUT2D eigenvalue weighted by atomic mass is 32.1. The molecule has 0 atom stereocenters. The molecule has 12 nitrogen and oxygen atoms in total. The SMILES string of the molecule is CCCCCCCCCCOc1ccc(-c2nnc(-c3ccc(NC(=O)c4ccc(C(=O)Nc5ccc(-c6nnc(-c7ccc(OCCCCCCCCCC)c(OCCCCCCCCCC)c7)s6)cc5)cc4)cc3)s2)cc1OCCCCCCCCCC. The third-order valence-electron chi connectivity index (χ3n) is 16.4. The van der Waals surface area contributed by atoms with Gasteiger partial charge in [0, 0.05) is 44.8 Å². The summed E-state index contributed by atoms with van der Waals surface area (Å²) in [5.74, 6) is 2.49. The molecule has 2 heterocycles. The number of hydrogen-bond acceptors (Lipinski definition) is 12. The van der Waals surface area contributed by atoms with Crippen molar-refractivity contribution in [1.82, 2.24) is 20.4 Å². The maximum absolute atomic E-state index is 13.4. The summed E-state index contributed by atoms with van der Waals surface area (Å²) in [5.41, 5.74) is 5.77. The molecule has 486 valence electrons. The molecule has 0 aliphatic rings. The van der Waals surface area contributed by atoms with Crippen molar-refractivity contribution in [2.24, 2.45) is 0 Å². The zero-order chi connectivity index (χ0) is 63.1. The maximum Gasteiger partial charge on any atom is 0.255 e. The molecule has 90 heavy (non-hydrogen) atoms. The zero-order valence-corrected chi connectivity index (χ0v) is 56.5. The molecule has 0 fully saturated rings. The van der Waals surface area contributed by atoms with Gasteiger partial charge >= 0.3 is 0 Å².